The number of aromatic nitrogens is 2. The van der Waals surface area contributed by atoms with Crippen LogP contribution in [0.3, 0.4) is 0 Å². The highest BCUT2D eigenvalue weighted by atomic mass is 16.5. The van der Waals surface area contributed by atoms with E-state index in [1.165, 1.54) is 4.68 Å². The number of nitrogens with one attached hydrogen (secondary N) is 1. The molecule has 0 saturated carbocycles. The first kappa shape index (κ1) is 8.16. The van der Waals surface area contributed by atoms with Gasteiger partial charge in [-0.05, 0) is 13.0 Å². The SMILES string of the molecule is Cc1[nH]n(C)c(=O)c1C1=CCCO1. The Morgan fingerprint density at radius 3 is 2.85 bits per heavy atom. The van der Waals surface area contributed by atoms with Gasteiger partial charge in [0.25, 0.3) is 5.56 Å². The van der Waals surface area contributed by atoms with E-state index in [2.05, 4.69) is 5.10 Å². The Morgan fingerprint density at radius 2 is 2.38 bits per heavy atom. The van der Waals surface area contributed by atoms with Gasteiger partial charge in [-0.3, -0.25) is 14.6 Å². The summed E-state index contributed by atoms with van der Waals surface area (Å²) < 4.78 is 6.81. The topological polar surface area (TPSA) is 47.0 Å². The molecule has 0 bridgehead atoms. The Kier molecular flexibility index (Phi) is 1.76. The molecule has 0 unspecified atom stereocenters. The second-order valence-electron chi connectivity index (χ2n) is 3.18. The lowest BCUT2D eigenvalue weighted by Gasteiger charge is -1.99. The summed E-state index contributed by atoms with van der Waals surface area (Å²) in [6.07, 6.45) is 2.85. The lowest BCUT2D eigenvalue weighted by molar-refractivity contribution is 0.307. The standard InChI is InChI=1S/C9H12N2O2/c1-6-8(7-4-3-5-13-7)9(12)11(2)10-6/h4,10H,3,5H2,1-2H3. The van der Waals surface area contributed by atoms with Crippen LogP contribution in [0, 0.1) is 6.92 Å². The van der Waals surface area contributed by atoms with Gasteiger partial charge in [-0.25, -0.2) is 0 Å². The summed E-state index contributed by atoms with van der Waals surface area (Å²) >= 11 is 0. The summed E-state index contributed by atoms with van der Waals surface area (Å²) in [7, 11) is 1.70. The molecule has 0 aliphatic carbocycles. The second-order valence-corrected chi connectivity index (χ2v) is 3.18. The molecule has 70 valence electrons. The van der Waals surface area contributed by atoms with Gasteiger partial charge in [0.1, 0.15) is 11.3 Å². The van der Waals surface area contributed by atoms with E-state index in [9.17, 15) is 4.79 Å². The monoisotopic (exact) mass is 180 g/mol. The van der Waals surface area contributed by atoms with E-state index in [1.807, 2.05) is 13.0 Å². The fourth-order valence-electron chi connectivity index (χ4n) is 1.57. The number of ether oxygens (including phenoxy) is 1. The van der Waals surface area contributed by atoms with E-state index < -0.39 is 0 Å². The Bertz CT molecular complexity index is 412. The molecule has 1 aliphatic rings. The third kappa shape index (κ3) is 1.18. The van der Waals surface area contributed by atoms with Gasteiger partial charge in [-0.1, -0.05) is 0 Å². The van der Waals surface area contributed by atoms with Crippen molar-refractivity contribution < 1.29 is 4.74 Å². The molecule has 0 amide bonds. The molecule has 0 saturated heterocycles. The predicted octanol–water partition coefficient (Wildman–Crippen LogP) is 0.783. The van der Waals surface area contributed by atoms with Gasteiger partial charge in [0, 0.05) is 19.2 Å². The highest BCUT2D eigenvalue weighted by molar-refractivity contribution is 5.62. The van der Waals surface area contributed by atoms with Gasteiger partial charge < -0.3 is 4.74 Å². The zero-order valence-corrected chi connectivity index (χ0v) is 7.76. The van der Waals surface area contributed by atoms with Crippen LogP contribution in [0.1, 0.15) is 17.7 Å². The molecule has 2 rings (SSSR count). The van der Waals surface area contributed by atoms with Crippen LogP contribution >= 0.6 is 0 Å². The van der Waals surface area contributed by atoms with Crippen molar-refractivity contribution in [2.75, 3.05) is 6.61 Å². The van der Waals surface area contributed by atoms with Crippen LogP contribution in [0.15, 0.2) is 10.9 Å². The maximum atomic E-state index is 11.6. The maximum absolute atomic E-state index is 11.6. The van der Waals surface area contributed by atoms with E-state index in [4.69, 9.17) is 4.74 Å². The van der Waals surface area contributed by atoms with E-state index in [0.717, 1.165) is 17.9 Å². The molecule has 0 radical (unpaired) electrons. The number of hydrogen-bond acceptors (Lipinski definition) is 2. The number of H-pyrrole nitrogens is 1. The molecule has 0 aromatic carbocycles. The minimum atomic E-state index is -0.0225. The molecule has 1 aromatic heterocycles. The minimum absolute atomic E-state index is 0.0225. The van der Waals surface area contributed by atoms with E-state index in [0.29, 0.717) is 12.2 Å². The highest BCUT2D eigenvalue weighted by Gasteiger charge is 2.17. The third-order valence-electron chi connectivity index (χ3n) is 2.18. The predicted molar refractivity (Wildman–Crippen MR) is 49.3 cm³/mol. The molecule has 0 atom stereocenters. The molecule has 1 N–H and O–H groups in total. The van der Waals surface area contributed by atoms with Gasteiger partial charge in [-0.15, -0.1) is 0 Å². The van der Waals surface area contributed by atoms with Crippen LogP contribution < -0.4 is 5.56 Å². The summed E-state index contributed by atoms with van der Waals surface area (Å²) in [5.41, 5.74) is 1.51. The van der Waals surface area contributed by atoms with Crippen LogP contribution in [0.5, 0.6) is 0 Å². The van der Waals surface area contributed by atoms with Gasteiger partial charge in [0.15, 0.2) is 0 Å². The van der Waals surface area contributed by atoms with Crippen molar-refractivity contribution >= 4 is 5.76 Å². The minimum Gasteiger partial charge on any atom is -0.493 e. The van der Waals surface area contributed by atoms with Gasteiger partial charge in [0.2, 0.25) is 0 Å². The molecule has 0 spiro atoms. The number of aryl methyl sites for hydroxylation is 2. The van der Waals surface area contributed by atoms with Crippen molar-refractivity contribution in [1.82, 2.24) is 9.78 Å². The normalized spacial score (nSPS) is 15.7. The van der Waals surface area contributed by atoms with Crippen molar-refractivity contribution in [3.8, 4) is 0 Å². The molecule has 2 heterocycles. The number of aromatic amines is 1. The van der Waals surface area contributed by atoms with E-state index in [-0.39, 0.29) is 5.56 Å². The third-order valence-corrected chi connectivity index (χ3v) is 2.18. The van der Waals surface area contributed by atoms with Gasteiger partial charge >= 0.3 is 0 Å². The largest absolute Gasteiger partial charge is 0.493 e. The molecule has 0 fully saturated rings. The average molecular weight is 180 g/mol. The molecule has 1 aromatic rings. The van der Waals surface area contributed by atoms with Crippen molar-refractivity contribution in [1.29, 1.82) is 0 Å². The first-order valence-corrected chi connectivity index (χ1v) is 4.29. The lowest BCUT2D eigenvalue weighted by Crippen LogP contribution is -2.15. The van der Waals surface area contributed by atoms with Crippen molar-refractivity contribution in [3.63, 3.8) is 0 Å². The maximum Gasteiger partial charge on any atom is 0.277 e. The van der Waals surface area contributed by atoms with Crippen molar-refractivity contribution in [2.45, 2.75) is 13.3 Å². The molecule has 4 heteroatoms. The van der Waals surface area contributed by atoms with E-state index in [1.54, 1.807) is 7.05 Å². The smallest absolute Gasteiger partial charge is 0.277 e. The quantitative estimate of drug-likeness (QED) is 0.694. The summed E-state index contributed by atoms with van der Waals surface area (Å²) in [6, 6.07) is 0. The molecular weight excluding hydrogens is 168 g/mol. The zero-order valence-electron chi connectivity index (χ0n) is 7.76. The number of nitrogens with zero attached hydrogens (tertiary/aromatic N) is 1. The van der Waals surface area contributed by atoms with Gasteiger partial charge in [-0.2, -0.15) is 0 Å². The van der Waals surface area contributed by atoms with Crippen LogP contribution in [-0.4, -0.2) is 16.4 Å². The highest BCUT2D eigenvalue weighted by Crippen LogP contribution is 2.20. The van der Waals surface area contributed by atoms with Crippen LogP contribution in [0.4, 0.5) is 0 Å². The fourth-order valence-corrected chi connectivity index (χ4v) is 1.57. The van der Waals surface area contributed by atoms with Crippen LogP contribution in [0.2, 0.25) is 0 Å². The van der Waals surface area contributed by atoms with E-state index >= 15 is 0 Å². The Balaban J connectivity index is 2.56. The number of rotatable bonds is 1. The van der Waals surface area contributed by atoms with Crippen molar-refractivity contribution in [3.05, 3.63) is 27.7 Å². The van der Waals surface area contributed by atoms with Crippen LogP contribution in [-0.2, 0) is 11.8 Å². The summed E-state index contributed by atoms with van der Waals surface area (Å²) in [4.78, 5) is 11.6. The number of hydrogen-bond donors (Lipinski definition) is 1. The van der Waals surface area contributed by atoms with Crippen LogP contribution in [0.25, 0.3) is 5.76 Å². The second kappa shape index (κ2) is 2.80. The summed E-state index contributed by atoms with van der Waals surface area (Å²) in [5, 5.41) is 2.94. The van der Waals surface area contributed by atoms with Crippen molar-refractivity contribution in [2.24, 2.45) is 7.05 Å². The summed E-state index contributed by atoms with van der Waals surface area (Å²) in [5.74, 6) is 0.722. The average Bonchev–Trinajstić information content (AvgIpc) is 2.63. The lowest BCUT2D eigenvalue weighted by atomic mass is 10.2. The Labute approximate surface area is 75.8 Å². The Morgan fingerprint density at radius 1 is 1.62 bits per heavy atom. The fraction of sp³-hybridized carbons (Fsp3) is 0.444. The first-order valence-electron chi connectivity index (χ1n) is 4.29. The molecule has 4 nitrogen and oxygen atoms in total. The zero-order chi connectivity index (χ0) is 9.42. The summed E-state index contributed by atoms with van der Waals surface area (Å²) in [6.45, 7) is 2.56. The van der Waals surface area contributed by atoms with Gasteiger partial charge in [0.05, 0.1) is 6.61 Å². The molecule has 13 heavy (non-hydrogen) atoms. The molecule has 1 aliphatic heterocycles. The Hall–Kier alpha value is -1.45. The molecular formula is C9H12N2O2. The first-order chi connectivity index (χ1) is 6.20.